The van der Waals surface area contributed by atoms with Crippen LogP contribution < -0.4 is 0 Å². The number of ether oxygens (including phenoxy) is 2. The Morgan fingerprint density at radius 3 is 2.44 bits per heavy atom. The first-order chi connectivity index (χ1) is 7.69. The molecule has 4 nitrogen and oxygen atoms in total. The number of hydrogen-bond acceptors (Lipinski definition) is 4. The van der Waals surface area contributed by atoms with Crippen molar-refractivity contribution in [2.75, 3.05) is 14.2 Å². The van der Waals surface area contributed by atoms with E-state index in [1.54, 1.807) is 0 Å². The van der Waals surface area contributed by atoms with Crippen molar-refractivity contribution >= 4 is 5.97 Å². The van der Waals surface area contributed by atoms with Gasteiger partial charge in [0.1, 0.15) is 6.10 Å². The SMILES string of the molecule is COC(=O)C[C@H](O)[C@H](OC)c1ccccc1. The smallest absolute Gasteiger partial charge is 0.308 e. The molecule has 1 N–H and O–H groups in total. The van der Waals surface area contributed by atoms with Crippen LogP contribution >= 0.6 is 0 Å². The number of rotatable bonds is 5. The molecule has 0 saturated heterocycles. The summed E-state index contributed by atoms with van der Waals surface area (Å²) in [6.45, 7) is 0. The molecular weight excluding hydrogens is 208 g/mol. The van der Waals surface area contributed by atoms with Gasteiger partial charge in [0.05, 0.1) is 19.6 Å². The van der Waals surface area contributed by atoms with E-state index in [1.165, 1.54) is 14.2 Å². The Labute approximate surface area is 94.8 Å². The van der Waals surface area contributed by atoms with Gasteiger partial charge in [-0.05, 0) is 5.56 Å². The Balaban J connectivity index is 2.71. The number of aliphatic hydroxyl groups excluding tert-OH is 1. The molecule has 0 saturated carbocycles. The van der Waals surface area contributed by atoms with Crippen LogP contribution in [0.25, 0.3) is 0 Å². The average Bonchev–Trinajstić information content (AvgIpc) is 2.31. The van der Waals surface area contributed by atoms with Crippen molar-refractivity contribution in [3.8, 4) is 0 Å². The normalized spacial score (nSPS) is 14.2. The quantitative estimate of drug-likeness (QED) is 0.766. The summed E-state index contributed by atoms with van der Waals surface area (Å²) in [5.74, 6) is -0.453. The number of hydrogen-bond donors (Lipinski definition) is 1. The summed E-state index contributed by atoms with van der Waals surface area (Å²) in [4.78, 5) is 11.0. The number of esters is 1. The summed E-state index contributed by atoms with van der Waals surface area (Å²) in [7, 11) is 2.79. The monoisotopic (exact) mass is 224 g/mol. The van der Waals surface area contributed by atoms with Crippen LogP contribution in [0.2, 0.25) is 0 Å². The third-order valence-corrected chi connectivity index (χ3v) is 2.33. The van der Waals surface area contributed by atoms with Gasteiger partial charge in [-0.25, -0.2) is 0 Å². The second-order valence-corrected chi connectivity index (χ2v) is 3.41. The van der Waals surface area contributed by atoms with Crippen LogP contribution in [0.3, 0.4) is 0 Å². The van der Waals surface area contributed by atoms with Crippen molar-refractivity contribution < 1.29 is 19.4 Å². The van der Waals surface area contributed by atoms with E-state index < -0.39 is 18.2 Å². The topological polar surface area (TPSA) is 55.8 Å². The van der Waals surface area contributed by atoms with Crippen LogP contribution in [0.5, 0.6) is 0 Å². The third kappa shape index (κ3) is 3.32. The highest BCUT2D eigenvalue weighted by Gasteiger charge is 2.23. The minimum absolute atomic E-state index is 0.0795. The maximum atomic E-state index is 11.0. The Morgan fingerprint density at radius 1 is 1.31 bits per heavy atom. The van der Waals surface area contributed by atoms with E-state index in [2.05, 4.69) is 4.74 Å². The van der Waals surface area contributed by atoms with Crippen LogP contribution in [0.4, 0.5) is 0 Å². The molecular formula is C12H16O4. The Hall–Kier alpha value is -1.39. The second-order valence-electron chi connectivity index (χ2n) is 3.41. The zero-order chi connectivity index (χ0) is 12.0. The maximum absolute atomic E-state index is 11.0. The van der Waals surface area contributed by atoms with Gasteiger partial charge in [0, 0.05) is 7.11 Å². The lowest BCUT2D eigenvalue weighted by molar-refractivity contribution is -0.145. The zero-order valence-electron chi connectivity index (χ0n) is 9.42. The summed E-state index contributed by atoms with van der Waals surface area (Å²) in [6, 6.07) is 9.27. The molecule has 4 heteroatoms. The number of methoxy groups -OCH3 is 2. The van der Waals surface area contributed by atoms with Gasteiger partial charge in [0.15, 0.2) is 0 Å². The van der Waals surface area contributed by atoms with Crippen LogP contribution in [0, 0.1) is 0 Å². The molecule has 88 valence electrons. The predicted molar refractivity (Wildman–Crippen MR) is 58.8 cm³/mol. The van der Waals surface area contributed by atoms with Crippen molar-refractivity contribution in [2.24, 2.45) is 0 Å². The number of benzene rings is 1. The van der Waals surface area contributed by atoms with Crippen molar-refractivity contribution in [1.82, 2.24) is 0 Å². The zero-order valence-corrected chi connectivity index (χ0v) is 9.42. The average molecular weight is 224 g/mol. The second kappa shape index (κ2) is 6.25. The fourth-order valence-electron chi connectivity index (χ4n) is 1.52. The summed E-state index contributed by atoms with van der Waals surface area (Å²) in [6.07, 6.45) is -1.50. The van der Waals surface area contributed by atoms with Gasteiger partial charge in [0.2, 0.25) is 0 Å². The van der Waals surface area contributed by atoms with Gasteiger partial charge in [-0.15, -0.1) is 0 Å². The molecule has 0 aliphatic rings. The van der Waals surface area contributed by atoms with E-state index >= 15 is 0 Å². The molecule has 0 aliphatic carbocycles. The van der Waals surface area contributed by atoms with Gasteiger partial charge in [-0.1, -0.05) is 30.3 Å². The van der Waals surface area contributed by atoms with E-state index in [9.17, 15) is 9.90 Å². The molecule has 2 atom stereocenters. The third-order valence-electron chi connectivity index (χ3n) is 2.33. The molecule has 0 unspecified atom stereocenters. The maximum Gasteiger partial charge on any atom is 0.308 e. The van der Waals surface area contributed by atoms with Crippen molar-refractivity contribution in [3.05, 3.63) is 35.9 Å². The fourth-order valence-corrected chi connectivity index (χ4v) is 1.52. The number of aliphatic hydroxyl groups is 1. The molecule has 1 aromatic rings. The summed E-state index contributed by atoms with van der Waals surface area (Å²) in [5, 5.41) is 9.84. The van der Waals surface area contributed by atoms with E-state index in [1.807, 2.05) is 30.3 Å². The summed E-state index contributed by atoms with van der Waals surface area (Å²) in [5.41, 5.74) is 0.835. The highest BCUT2D eigenvalue weighted by Crippen LogP contribution is 2.22. The van der Waals surface area contributed by atoms with E-state index in [-0.39, 0.29) is 6.42 Å². The van der Waals surface area contributed by atoms with Crippen LogP contribution in [0.1, 0.15) is 18.1 Å². The number of carbonyl (C=O) groups is 1. The molecule has 1 rings (SSSR count). The molecule has 1 aromatic carbocycles. The number of carbonyl (C=O) groups excluding carboxylic acids is 1. The van der Waals surface area contributed by atoms with Crippen LogP contribution in [-0.4, -0.2) is 31.4 Å². The van der Waals surface area contributed by atoms with Crippen molar-refractivity contribution in [3.63, 3.8) is 0 Å². The first-order valence-corrected chi connectivity index (χ1v) is 5.01. The van der Waals surface area contributed by atoms with Crippen LogP contribution in [0.15, 0.2) is 30.3 Å². The minimum atomic E-state index is -0.903. The van der Waals surface area contributed by atoms with Gasteiger partial charge in [-0.3, -0.25) is 4.79 Å². The Kier molecular flexibility index (Phi) is 4.95. The standard InChI is InChI=1S/C12H16O4/c1-15-11(14)8-10(13)12(16-2)9-6-4-3-5-7-9/h3-7,10,12-13H,8H2,1-2H3/t10-,12+/m0/s1. The first kappa shape index (κ1) is 12.7. The largest absolute Gasteiger partial charge is 0.469 e. The highest BCUT2D eigenvalue weighted by molar-refractivity contribution is 5.69. The van der Waals surface area contributed by atoms with E-state index in [4.69, 9.17) is 4.74 Å². The molecule has 0 amide bonds. The molecule has 0 spiro atoms. The molecule has 0 radical (unpaired) electrons. The molecule has 0 fully saturated rings. The van der Waals surface area contributed by atoms with Crippen molar-refractivity contribution in [2.45, 2.75) is 18.6 Å². The molecule has 0 aliphatic heterocycles. The van der Waals surface area contributed by atoms with Gasteiger partial charge >= 0.3 is 5.97 Å². The van der Waals surface area contributed by atoms with E-state index in [0.29, 0.717) is 0 Å². The molecule has 0 bridgehead atoms. The first-order valence-electron chi connectivity index (χ1n) is 5.01. The highest BCUT2D eigenvalue weighted by atomic mass is 16.5. The molecule has 0 aromatic heterocycles. The molecule has 16 heavy (non-hydrogen) atoms. The Bertz CT molecular complexity index is 323. The Morgan fingerprint density at radius 2 is 1.94 bits per heavy atom. The molecule has 0 heterocycles. The summed E-state index contributed by atoms with van der Waals surface area (Å²) >= 11 is 0. The lowest BCUT2D eigenvalue weighted by atomic mass is 10.0. The van der Waals surface area contributed by atoms with Crippen molar-refractivity contribution in [1.29, 1.82) is 0 Å². The van der Waals surface area contributed by atoms with Gasteiger partial charge < -0.3 is 14.6 Å². The lowest BCUT2D eigenvalue weighted by Gasteiger charge is -2.21. The summed E-state index contributed by atoms with van der Waals surface area (Å²) < 4.78 is 9.68. The van der Waals surface area contributed by atoms with Gasteiger partial charge in [-0.2, -0.15) is 0 Å². The predicted octanol–water partition coefficient (Wildman–Crippen LogP) is 1.30. The van der Waals surface area contributed by atoms with Crippen LogP contribution in [-0.2, 0) is 14.3 Å². The fraction of sp³-hybridized carbons (Fsp3) is 0.417. The lowest BCUT2D eigenvalue weighted by Crippen LogP contribution is -2.24. The van der Waals surface area contributed by atoms with Gasteiger partial charge in [0.25, 0.3) is 0 Å². The van der Waals surface area contributed by atoms with E-state index in [0.717, 1.165) is 5.56 Å². The minimum Gasteiger partial charge on any atom is -0.469 e.